The Labute approximate surface area is 116 Å². The van der Waals surface area contributed by atoms with Crippen LogP contribution >= 0.6 is 0 Å². The summed E-state index contributed by atoms with van der Waals surface area (Å²) in [5.74, 6) is -0.296. The highest BCUT2D eigenvalue weighted by atomic mass is 19.1. The van der Waals surface area contributed by atoms with Crippen molar-refractivity contribution in [1.29, 1.82) is 0 Å². The predicted octanol–water partition coefficient (Wildman–Crippen LogP) is 1.94. The number of urea groups is 1. The summed E-state index contributed by atoms with van der Waals surface area (Å²) in [6.45, 7) is 4.03. The first kappa shape index (κ1) is 14.0. The van der Waals surface area contributed by atoms with Gasteiger partial charge in [0.05, 0.1) is 6.54 Å². The first-order valence-electron chi connectivity index (χ1n) is 6.20. The standard InChI is InChI=1S/C13H16FN5O/c1-9-5-11(3-4-12(9)14)18-13(20)17-10(2)6-19-8-15-7-16-19/h3-5,7-8,10H,6H2,1-2H3,(H2,17,18,20)/t10-/m1/s1. The monoisotopic (exact) mass is 277 g/mol. The van der Waals surface area contributed by atoms with Gasteiger partial charge < -0.3 is 10.6 Å². The molecule has 1 atom stereocenters. The normalized spacial score (nSPS) is 11.9. The minimum Gasteiger partial charge on any atom is -0.334 e. The van der Waals surface area contributed by atoms with Crippen LogP contribution in [0.2, 0.25) is 0 Å². The third-order valence-electron chi connectivity index (χ3n) is 2.72. The lowest BCUT2D eigenvalue weighted by molar-refractivity contribution is 0.247. The smallest absolute Gasteiger partial charge is 0.319 e. The molecule has 7 heteroatoms. The molecule has 0 saturated carbocycles. The van der Waals surface area contributed by atoms with Gasteiger partial charge in [0.1, 0.15) is 18.5 Å². The minimum atomic E-state index is -0.344. The Morgan fingerprint density at radius 1 is 1.50 bits per heavy atom. The number of carbonyl (C=O) groups excluding carboxylic acids is 1. The fourth-order valence-electron chi connectivity index (χ4n) is 1.77. The lowest BCUT2D eigenvalue weighted by atomic mass is 10.2. The van der Waals surface area contributed by atoms with Crippen LogP contribution in [0.5, 0.6) is 0 Å². The largest absolute Gasteiger partial charge is 0.334 e. The number of nitrogens with zero attached hydrogens (tertiary/aromatic N) is 3. The molecule has 1 aromatic heterocycles. The van der Waals surface area contributed by atoms with E-state index in [9.17, 15) is 9.18 Å². The van der Waals surface area contributed by atoms with Gasteiger partial charge in [-0.1, -0.05) is 0 Å². The van der Waals surface area contributed by atoms with Crippen molar-refractivity contribution in [2.45, 2.75) is 26.4 Å². The van der Waals surface area contributed by atoms with Crippen molar-refractivity contribution in [2.75, 3.05) is 5.32 Å². The van der Waals surface area contributed by atoms with Gasteiger partial charge in [0.25, 0.3) is 0 Å². The molecule has 2 amide bonds. The fourth-order valence-corrected chi connectivity index (χ4v) is 1.77. The van der Waals surface area contributed by atoms with Crippen molar-refractivity contribution in [2.24, 2.45) is 0 Å². The summed E-state index contributed by atoms with van der Waals surface area (Å²) < 4.78 is 14.7. The summed E-state index contributed by atoms with van der Waals surface area (Å²) in [5.41, 5.74) is 1.04. The highest BCUT2D eigenvalue weighted by Crippen LogP contribution is 2.13. The van der Waals surface area contributed by atoms with Crippen LogP contribution in [0.25, 0.3) is 0 Å². The number of halogens is 1. The van der Waals surface area contributed by atoms with Crippen LogP contribution < -0.4 is 10.6 Å². The lowest BCUT2D eigenvalue weighted by Gasteiger charge is -2.14. The van der Waals surface area contributed by atoms with E-state index in [4.69, 9.17) is 0 Å². The Morgan fingerprint density at radius 2 is 2.30 bits per heavy atom. The van der Waals surface area contributed by atoms with Gasteiger partial charge in [-0.05, 0) is 37.6 Å². The van der Waals surface area contributed by atoms with E-state index in [0.29, 0.717) is 17.8 Å². The van der Waals surface area contributed by atoms with Crippen LogP contribution in [-0.2, 0) is 6.54 Å². The van der Waals surface area contributed by atoms with E-state index in [1.54, 1.807) is 24.0 Å². The molecule has 2 N–H and O–H groups in total. The van der Waals surface area contributed by atoms with Gasteiger partial charge >= 0.3 is 6.03 Å². The maximum atomic E-state index is 13.1. The molecule has 106 valence electrons. The van der Waals surface area contributed by atoms with E-state index in [1.165, 1.54) is 18.5 Å². The van der Waals surface area contributed by atoms with E-state index < -0.39 is 0 Å². The molecule has 2 aromatic rings. The van der Waals surface area contributed by atoms with Gasteiger partial charge in [-0.3, -0.25) is 4.68 Å². The highest BCUT2D eigenvalue weighted by molar-refractivity contribution is 5.89. The Bertz CT molecular complexity index is 584. The molecule has 0 bridgehead atoms. The van der Waals surface area contributed by atoms with Crippen LogP contribution in [-0.4, -0.2) is 26.8 Å². The Hall–Kier alpha value is -2.44. The van der Waals surface area contributed by atoms with Crippen molar-refractivity contribution in [3.05, 3.63) is 42.2 Å². The van der Waals surface area contributed by atoms with Crippen LogP contribution in [0.15, 0.2) is 30.9 Å². The molecule has 20 heavy (non-hydrogen) atoms. The van der Waals surface area contributed by atoms with Crippen molar-refractivity contribution < 1.29 is 9.18 Å². The number of aryl methyl sites for hydroxylation is 1. The van der Waals surface area contributed by atoms with Gasteiger partial charge in [-0.15, -0.1) is 0 Å². The van der Waals surface area contributed by atoms with Crippen molar-refractivity contribution in [1.82, 2.24) is 20.1 Å². The first-order valence-corrected chi connectivity index (χ1v) is 6.20. The zero-order valence-corrected chi connectivity index (χ0v) is 11.3. The molecular weight excluding hydrogens is 261 g/mol. The first-order chi connectivity index (χ1) is 9.54. The Morgan fingerprint density at radius 3 is 2.95 bits per heavy atom. The molecule has 0 radical (unpaired) electrons. The highest BCUT2D eigenvalue weighted by Gasteiger charge is 2.09. The number of aromatic nitrogens is 3. The second kappa shape index (κ2) is 6.14. The molecule has 0 aliphatic rings. The topological polar surface area (TPSA) is 71.8 Å². The average molecular weight is 277 g/mol. The average Bonchev–Trinajstić information content (AvgIpc) is 2.86. The number of nitrogens with one attached hydrogen (secondary N) is 2. The van der Waals surface area contributed by atoms with Crippen molar-refractivity contribution >= 4 is 11.7 Å². The molecule has 1 aromatic carbocycles. The quantitative estimate of drug-likeness (QED) is 0.897. The van der Waals surface area contributed by atoms with E-state index >= 15 is 0 Å². The van der Waals surface area contributed by atoms with Crippen LogP contribution in [0.3, 0.4) is 0 Å². The third-order valence-corrected chi connectivity index (χ3v) is 2.72. The SMILES string of the molecule is Cc1cc(NC(=O)N[C@H](C)Cn2cncn2)ccc1F. The van der Waals surface area contributed by atoms with E-state index in [1.807, 2.05) is 6.92 Å². The third kappa shape index (κ3) is 3.78. The van der Waals surface area contributed by atoms with E-state index in [0.717, 1.165) is 0 Å². The molecule has 0 saturated heterocycles. The molecule has 2 rings (SSSR count). The lowest BCUT2D eigenvalue weighted by Crippen LogP contribution is -2.38. The van der Waals surface area contributed by atoms with E-state index in [-0.39, 0.29) is 17.9 Å². The van der Waals surface area contributed by atoms with E-state index in [2.05, 4.69) is 20.7 Å². The molecule has 0 aliphatic carbocycles. The maximum Gasteiger partial charge on any atom is 0.319 e. The van der Waals surface area contributed by atoms with Crippen LogP contribution in [0.4, 0.5) is 14.9 Å². The molecule has 0 fully saturated rings. The molecule has 0 unspecified atom stereocenters. The number of hydrogen-bond acceptors (Lipinski definition) is 3. The molecule has 1 heterocycles. The molecular formula is C13H16FN5O. The number of benzene rings is 1. The fraction of sp³-hybridized carbons (Fsp3) is 0.308. The number of rotatable bonds is 4. The number of amides is 2. The number of carbonyl (C=O) groups is 1. The summed E-state index contributed by atoms with van der Waals surface area (Å²) in [7, 11) is 0. The van der Waals surface area contributed by atoms with Gasteiger partial charge in [0.2, 0.25) is 0 Å². The summed E-state index contributed by atoms with van der Waals surface area (Å²) in [6, 6.07) is 3.96. The van der Waals surface area contributed by atoms with Crippen LogP contribution in [0, 0.1) is 12.7 Å². The molecule has 0 aliphatic heterocycles. The Balaban J connectivity index is 1.87. The summed E-state index contributed by atoms with van der Waals surface area (Å²) in [5, 5.41) is 9.39. The number of hydrogen-bond donors (Lipinski definition) is 2. The molecule has 0 spiro atoms. The van der Waals surface area contributed by atoms with Gasteiger partial charge in [-0.25, -0.2) is 14.2 Å². The zero-order chi connectivity index (χ0) is 14.5. The summed E-state index contributed by atoms with van der Waals surface area (Å²) >= 11 is 0. The van der Waals surface area contributed by atoms with Crippen LogP contribution in [0.1, 0.15) is 12.5 Å². The minimum absolute atomic E-state index is 0.113. The zero-order valence-electron chi connectivity index (χ0n) is 11.3. The number of anilines is 1. The predicted molar refractivity (Wildman–Crippen MR) is 72.8 cm³/mol. The van der Waals surface area contributed by atoms with Crippen molar-refractivity contribution in [3.8, 4) is 0 Å². The summed E-state index contributed by atoms with van der Waals surface area (Å²) in [4.78, 5) is 15.6. The Kier molecular flexibility index (Phi) is 4.29. The second-order valence-electron chi connectivity index (χ2n) is 4.58. The van der Waals surface area contributed by atoms with Gasteiger partial charge in [0.15, 0.2) is 0 Å². The van der Waals surface area contributed by atoms with Crippen molar-refractivity contribution in [3.63, 3.8) is 0 Å². The maximum absolute atomic E-state index is 13.1. The summed E-state index contributed by atoms with van der Waals surface area (Å²) in [6.07, 6.45) is 3.02. The molecule has 6 nitrogen and oxygen atoms in total. The van der Waals surface area contributed by atoms with Gasteiger partial charge in [-0.2, -0.15) is 5.10 Å². The second-order valence-corrected chi connectivity index (χ2v) is 4.58. The van der Waals surface area contributed by atoms with Gasteiger partial charge in [0, 0.05) is 11.7 Å².